The van der Waals surface area contributed by atoms with Gasteiger partial charge in [-0.1, -0.05) is 0 Å². The predicted octanol–water partition coefficient (Wildman–Crippen LogP) is 2.01. The predicted molar refractivity (Wildman–Crippen MR) is 54.8 cm³/mol. The van der Waals surface area contributed by atoms with Crippen molar-refractivity contribution in [1.29, 1.82) is 0 Å². The van der Waals surface area contributed by atoms with Gasteiger partial charge in [0.05, 0.1) is 0 Å². The molecule has 2 heteroatoms. The molecule has 2 nitrogen and oxygen atoms in total. The normalized spacial score (nSPS) is 44.3. The van der Waals surface area contributed by atoms with Gasteiger partial charge in [0.1, 0.15) is 5.78 Å². The van der Waals surface area contributed by atoms with Crippen LogP contribution >= 0.6 is 0 Å². The van der Waals surface area contributed by atoms with E-state index in [2.05, 4.69) is 0 Å². The van der Waals surface area contributed by atoms with Crippen molar-refractivity contribution >= 4 is 5.78 Å². The number of Topliss-reactive ketones (excluding diaryl/α,β-unsaturated/α-hetero) is 1. The summed E-state index contributed by atoms with van der Waals surface area (Å²) in [5.74, 6) is 3.73. The maximum absolute atomic E-state index is 11.7. The summed E-state index contributed by atoms with van der Waals surface area (Å²) in [7, 11) is 1.00. The molecule has 0 heterocycles. The minimum Gasteiger partial charge on any atom is -0.400 e. The number of carbonyl (C=O) groups is 1. The molecule has 0 saturated heterocycles. The molecule has 1 N–H and O–H groups in total. The Balaban J connectivity index is 0.000000354. The number of aliphatic hydroxyl groups excluding tert-OH is 1. The maximum atomic E-state index is 11.7. The summed E-state index contributed by atoms with van der Waals surface area (Å²) in [5, 5.41) is 7.00. The molecule has 0 radical (unpaired) electrons. The van der Waals surface area contributed by atoms with E-state index in [4.69, 9.17) is 5.11 Å². The van der Waals surface area contributed by atoms with Crippen LogP contribution in [0.1, 0.15) is 38.5 Å². The fourth-order valence-corrected chi connectivity index (χ4v) is 3.87. The van der Waals surface area contributed by atoms with Gasteiger partial charge in [-0.15, -0.1) is 0 Å². The zero-order chi connectivity index (χ0) is 10.1. The van der Waals surface area contributed by atoms with E-state index in [9.17, 15) is 4.79 Å². The Morgan fingerprint density at radius 1 is 0.929 bits per heavy atom. The minimum absolute atomic E-state index is 0.487. The highest BCUT2D eigenvalue weighted by atomic mass is 16.2. The van der Waals surface area contributed by atoms with Crippen LogP contribution in [0.5, 0.6) is 0 Å². The van der Waals surface area contributed by atoms with E-state index in [1.54, 1.807) is 0 Å². The lowest BCUT2D eigenvalue weighted by atomic mass is 9.68. The Labute approximate surface area is 85.7 Å². The first-order valence-corrected chi connectivity index (χ1v) is 5.78. The van der Waals surface area contributed by atoms with Crippen molar-refractivity contribution in [3.63, 3.8) is 0 Å². The zero-order valence-corrected chi connectivity index (χ0v) is 8.91. The number of fused-ring (bicyclic) bond motifs is 1. The third kappa shape index (κ3) is 1.72. The van der Waals surface area contributed by atoms with Crippen LogP contribution in [0.3, 0.4) is 0 Å². The molecule has 0 aromatic heterocycles. The van der Waals surface area contributed by atoms with Gasteiger partial charge in [-0.3, -0.25) is 4.79 Å². The third-order valence-corrected chi connectivity index (χ3v) is 4.18. The van der Waals surface area contributed by atoms with Crippen LogP contribution < -0.4 is 0 Å². The second-order valence-corrected chi connectivity index (χ2v) is 5.14. The molecule has 0 aromatic rings. The second-order valence-electron chi connectivity index (χ2n) is 5.14. The van der Waals surface area contributed by atoms with Gasteiger partial charge in [-0.25, -0.2) is 0 Å². The van der Waals surface area contributed by atoms with Gasteiger partial charge in [-0.2, -0.15) is 0 Å². The van der Waals surface area contributed by atoms with Gasteiger partial charge in [0.25, 0.3) is 0 Å². The highest BCUT2D eigenvalue weighted by Gasteiger charge is 2.42. The number of aliphatic hydroxyl groups is 1. The Bertz CT molecular complexity index is 210. The summed E-state index contributed by atoms with van der Waals surface area (Å²) in [6, 6.07) is 0. The molecular weight excluding hydrogens is 176 g/mol. The van der Waals surface area contributed by atoms with Gasteiger partial charge in [0, 0.05) is 19.4 Å². The minimum atomic E-state index is 0.487. The largest absolute Gasteiger partial charge is 0.400 e. The fourth-order valence-electron chi connectivity index (χ4n) is 3.87. The topological polar surface area (TPSA) is 37.3 Å². The number of carbonyl (C=O) groups excluding carboxylic acids is 1. The third-order valence-electron chi connectivity index (χ3n) is 4.18. The van der Waals surface area contributed by atoms with Gasteiger partial charge >= 0.3 is 0 Å². The smallest absolute Gasteiger partial charge is 0.136 e. The molecule has 0 aromatic carbocycles. The van der Waals surface area contributed by atoms with E-state index in [1.165, 1.54) is 32.1 Å². The van der Waals surface area contributed by atoms with Crippen molar-refractivity contribution in [3.05, 3.63) is 0 Å². The van der Waals surface area contributed by atoms with Crippen molar-refractivity contribution in [3.8, 4) is 0 Å². The fraction of sp³-hybridized carbons (Fsp3) is 0.917. The van der Waals surface area contributed by atoms with E-state index < -0.39 is 0 Å². The zero-order valence-electron chi connectivity index (χ0n) is 8.91. The van der Waals surface area contributed by atoms with E-state index in [0.717, 1.165) is 31.3 Å². The molecule has 4 fully saturated rings. The molecule has 4 aliphatic rings. The van der Waals surface area contributed by atoms with Gasteiger partial charge in [-0.05, 0) is 49.9 Å². The van der Waals surface area contributed by atoms with Gasteiger partial charge in [0.15, 0.2) is 0 Å². The van der Waals surface area contributed by atoms with Crippen molar-refractivity contribution in [2.75, 3.05) is 7.11 Å². The molecule has 14 heavy (non-hydrogen) atoms. The number of ketones is 1. The van der Waals surface area contributed by atoms with Crippen LogP contribution in [-0.4, -0.2) is 18.0 Å². The van der Waals surface area contributed by atoms with Crippen molar-refractivity contribution < 1.29 is 9.90 Å². The van der Waals surface area contributed by atoms with Crippen LogP contribution in [0.25, 0.3) is 0 Å². The summed E-state index contributed by atoms with van der Waals surface area (Å²) in [6.07, 6.45) is 7.60. The average Bonchev–Trinajstić information content (AvgIpc) is 2.34. The molecule has 2 atom stereocenters. The first-order chi connectivity index (χ1) is 6.81. The molecule has 0 spiro atoms. The van der Waals surface area contributed by atoms with Crippen molar-refractivity contribution in [1.82, 2.24) is 0 Å². The molecule has 0 amide bonds. The van der Waals surface area contributed by atoms with Crippen LogP contribution in [0.4, 0.5) is 0 Å². The number of hydrogen-bond donors (Lipinski definition) is 1. The molecule has 4 rings (SSSR count). The number of rotatable bonds is 0. The lowest BCUT2D eigenvalue weighted by Gasteiger charge is -2.37. The lowest BCUT2D eigenvalue weighted by molar-refractivity contribution is -0.123. The van der Waals surface area contributed by atoms with E-state index in [-0.39, 0.29) is 0 Å². The van der Waals surface area contributed by atoms with E-state index >= 15 is 0 Å². The molecular formula is C12H20O2. The van der Waals surface area contributed by atoms with Crippen LogP contribution in [0.15, 0.2) is 0 Å². The Morgan fingerprint density at radius 3 is 2.00 bits per heavy atom. The van der Waals surface area contributed by atoms with Crippen LogP contribution in [0.2, 0.25) is 0 Å². The lowest BCUT2D eigenvalue weighted by Crippen LogP contribution is -2.27. The highest BCUT2D eigenvalue weighted by Crippen LogP contribution is 2.49. The summed E-state index contributed by atoms with van der Waals surface area (Å²) in [6.45, 7) is 0. The highest BCUT2D eigenvalue weighted by molar-refractivity contribution is 5.82. The first-order valence-electron chi connectivity index (χ1n) is 5.78. The Hall–Kier alpha value is -0.370. The van der Waals surface area contributed by atoms with Crippen LogP contribution in [0, 0.1) is 23.7 Å². The van der Waals surface area contributed by atoms with Crippen LogP contribution in [-0.2, 0) is 4.79 Å². The summed E-state index contributed by atoms with van der Waals surface area (Å²) in [5.41, 5.74) is 0. The SMILES string of the molecule is CO.O=C1CC2CC3CC(C2)CC1C3. The van der Waals surface area contributed by atoms with Gasteiger partial charge < -0.3 is 5.11 Å². The molecule has 4 saturated carbocycles. The monoisotopic (exact) mass is 196 g/mol. The molecule has 4 bridgehead atoms. The van der Waals surface area contributed by atoms with Gasteiger partial charge in [0.2, 0.25) is 0 Å². The molecule has 0 aliphatic heterocycles. The summed E-state index contributed by atoms with van der Waals surface area (Å²) in [4.78, 5) is 11.7. The molecule has 4 aliphatic carbocycles. The second kappa shape index (κ2) is 4.01. The van der Waals surface area contributed by atoms with E-state index in [1.807, 2.05) is 0 Å². The molecule has 80 valence electrons. The van der Waals surface area contributed by atoms with Crippen molar-refractivity contribution in [2.45, 2.75) is 38.5 Å². The summed E-state index contributed by atoms with van der Waals surface area (Å²) < 4.78 is 0. The van der Waals surface area contributed by atoms with E-state index in [0.29, 0.717) is 11.7 Å². The maximum Gasteiger partial charge on any atom is 0.136 e. The Morgan fingerprint density at radius 2 is 1.43 bits per heavy atom. The average molecular weight is 196 g/mol. The standard InChI is InChI=1S/C11H16O.CH4O/c12-11-6-9-2-7-1-8(3-9)5-10(11)4-7;1-2/h7-10H,1-6H2;2H,1H3. The number of hydrogen-bond acceptors (Lipinski definition) is 2. The summed E-state index contributed by atoms with van der Waals surface area (Å²) >= 11 is 0. The Kier molecular flexibility index (Phi) is 2.91. The quantitative estimate of drug-likeness (QED) is 0.643. The molecule has 2 unspecified atom stereocenters. The van der Waals surface area contributed by atoms with Crippen molar-refractivity contribution in [2.24, 2.45) is 23.7 Å². The first kappa shape index (κ1) is 10.2.